The quantitative estimate of drug-likeness (QED) is 0.891. The van der Waals surface area contributed by atoms with Crippen LogP contribution < -0.4 is 5.32 Å². The average Bonchev–Trinajstić information content (AvgIpc) is 2.85. The van der Waals surface area contributed by atoms with Gasteiger partial charge in [-0.05, 0) is 0 Å². The molecule has 0 fully saturated rings. The van der Waals surface area contributed by atoms with Crippen LogP contribution in [0.3, 0.4) is 0 Å². The highest BCUT2D eigenvalue weighted by Crippen LogP contribution is 2.31. The molecule has 18 heavy (non-hydrogen) atoms. The van der Waals surface area contributed by atoms with E-state index in [0.29, 0.717) is 6.39 Å². The van der Waals surface area contributed by atoms with Gasteiger partial charge in [0.15, 0.2) is 12.1 Å². The van der Waals surface area contributed by atoms with Gasteiger partial charge < -0.3 is 9.73 Å². The minimum atomic E-state index is -4.77. The topological polar surface area (TPSA) is 73.0 Å². The summed E-state index contributed by atoms with van der Waals surface area (Å²) in [4.78, 5) is 14.8. The zero-order chi connectivity index (χ0) is 13.3. The van der Waals surface area contributed by atoms with Gasteiger partial charge in [0.1, 0.15) is 0 Å². The molecule has 0 aliphatic rings. The van der Waals surface area contributed by atoms with Crippen LogP contribution in [-0.4, -0.2) is 20.7 Å². The van der Waals surface area contributed by atoms with Gasteiger partial charge in [0, 0.05) is 13.2 Å². The van der Waals surface area contributed by atoms with Gasteiger partial charge in [-0.3, -0.25) is 9.48 Å². The third kappa shape index (κ3) is 2.34. The first kappa shape index (κ1) is 12.1. The number of alkyl halides is 3. The lowest BCUT2D eigenvalue weighted by Crippen LogP contribution is -2.17. The number of oxazole rings is 1. The first-order valence-electron chi connectivity index (χ1n) is 4.68. The third-order valence-electron chi connectivity index (χ3n) is 2.00. The van der Waals surface area contributed by atoms with Gasteiger partial charge in [-0.25, -0.2) is 4.98 Å². The summed E-state index contributed by atoms with van der Waals surface area (Å²) in [6.45, 7) is 0. The van der Waals surface area contributed by atoms with Crippen molar-refractivity contribution in [2.45, 2.75) is 6.18 Å². The number of carbonyl (C=O) groups is 1. The van der Waals surface area contributed by atoms with E-state index in [2.05, 4.69) is 19.8 Å². The number of carbonyl (C=O) groups excluding carboxylic acids is 1. The number of anilines is 1. The van der Waals surface area contributed by atoms with Crippen LogP contribution in [0.25, 0.3) is 0 Å². The number of aromatic nitrogens is 3. The molecule has 0 aliphatic heterocycles. The molecule has 0 aliphatic carbocycles. The molecule has 9 heteroatoms. The summed E-state index contributed by atoms with van der Waals surface area (Å²) >= 11 is 0. The number of hydrogen-bond acceptors (Lipinski definition) is 4. The Hall–Kier alpha value is -2.32. The molecular formula is C9H7F3N4O2. The van der Waals surface area contributed by atoms with Crippen molar-refractivity contribution in [3.05, 3.63) is 30.2 Å². The number of nitrogens with zero attached hydrogens (tertiary/aromatic N) is 3. The minimum absolute atomic E-state index is 0.263. The minimum Gasteiger partial charge on any atom is -0.438 e. The standard InChI is InChI=1S/C9H7F3N4O2/c1-16-3-5(2-14-16)15-8(17)6-7(9(10,11)12)18-4-13-6/h2-4H,1H3,(H,15,17). The lowest BCUT2D eigenvalue weighted by molar-refractivity contribution is -0.153. The lowest BCUT2D eigenvalue weighted by atomic mass is 10.3. The molecule has 0 aromatic carbocycles. The van der Waals surface area contributed by atoms with E-state index in [0.717, 1.165) is 0 Å². The van der Waals surface area contributed by atoms with Crippen LogP contribution in [0, 0.1) is 0 Å². The van der Waals surface area contributed by atoms with Crippen molar-refractivity contribution in [1.82, 2.24) is 14.8 Å². The molecular weight excluding hydrogens is 253 g/mol. The summed E-state index contributed by atoms with van der Waals surface area (Å²) in [7, 11) is 1.60. The van der Waals surface area contributed by atoms with E-state index in [9.17, 15) is 18.0 Å². The van der Waals surface area contributed by atoms with Crippen molar-refractivity contribution >= 4 is 11.6 Å². The molecule has 0 unspecified atom stereocenters. The first-order chi connectivity index (χ1) is 8.38. The van der Waals surface area contributed by atoms with Crippen LogP contribution in [0.2, 0.25) is 0 Å². The Balaban J connectivity index is 2.22. The summed E-state index contributed by atoms with van der Waals surface area (Å²) in [5.41, 5.74) is -0.551. The molecule has 0 saturated carbocycles. The van der Waals surface area contributed by atoms with Gasteiger partial charge in [-0.1, -0.05) is 0 Å². The van der Waals surface area contributed by atoms with Gasteiger partial charge in [-0.15, -0.1) is 0 Å². The summed E-state index contributed by atoms with van der Waals surface area (Å²) in [6, 6.07) is 0. The summed E-state index contributed by atoms with van der Waals surface area (Å²) in [6.07, 6.45) is -1.46. The molecule has 6 nitrogen and oxygen atoms in total. The number of amides is 1. The Morgan fingerprint density at radius 3 is 2.78 bits per heavy atom. The molecule has 2 aromatic heterocycles. The number of hydrogen-bond donors (Lipinski definition) is 1. The van der Waals surface area contributed by atoms with Crippen molar-refractivity contribution in [2.75, 3.05) is 5.32 Å². The molecule has 2 heterocycles. The lowest BCUT2D eigenvalue weighted by Gasteiger charge is -2.04. The van der Waals surface area contributed by atoms with E-state index in [-0.39, 0.29) is 5.69 Å². The Morgan fingerprint density at radius 1 is 1.50 bits per heavy atom. The van der Waals surface area contributed by atoms with Gasteiger partial charge in [-0.2, -0.15) is 18.3 Å². The molecule has 0 atom stereocenters. The highest BCUT2D eigenvalue weighted by atomic mass is 19.4. The summed E-state index contributed by atoms with van der Waals surface area (Å²) in [5.74, 6) is -2.44. The smallest absolute Gasteiger partial charge is 0.438 e. The Bertz CT molecular complexity index is 572. The SMILES string of the molecule is Cn1cc(NC(=O)c2ncoc2C(F)(F)F)cn1. The average molecular weight is 260 g/mol. The van der Waals surface area contributed by atoms with Crippen molar-refractivity contribution < 1.29 is 22.4 Å². The summed E-state index contributed by atoms with van der Waals surface area (Å²) < 4.78 is 42.9. The third-order valence-corrected chi connectivity index (χ3v) is 2.00. The molecule has 2 rings (SSSR count). The van der Waals surface area contributed by atoms with E-state index < -0.39 is 23.5 Å². The van der Waals surface area contributed by atoms with E-state index in [1.165, 1.54) is 17.1 Å². The van der Waals surface area contributed by atoms with Crippen LogP contribution >= 0.6 is 0 Å². The number of halogens is 3. The normalized spacial score (nSPS) is 11.6. The highest BCUT2D eigenvalue weighted by Gasteiger charge is 2.40. The van der Waals surface area contributed by atoms with Gasteiger partial charge in [0.25, 0.3) is 5.91 Å². The zero-order valence-corrected chi connectivity index (χ0v) is 9.02. The predicted octanol–water partition coefficient (Wildman–Crippen LogP) is 1.68. The fourth-order valence-corrected chi connectivity index (χ4v) is 1.29. The van der Waals surface area contributed by atoms with E-state index in [1.54, 1.807) is 7.05 Å². The zero-order valence-electron chi connectivity index (χ0n) is 9.02. The maximum Gasteiger partial charge on any atom is 0.452 e. The largest absolute Gasteiger partial charge is 0.452 e. The van der Waals surface area contributed by atoms with E-state index in [4.69, 9.17) is 0 Å². The maximum absolute atomic E-state index is 12.5. The van der Waals surface area contributed by atoms with Crippen LogP contribution in [0.4, 0.5) is 18.9 Å². The van der Waals surface area contributed by atoms with Gasteiger partial charge in [0.05, 0.1) is 11.9 Å². The van der Waals surface area contributed by atoms with Gasteiger partial charge in [0.2, 0.25) is 5.76 Å². The van der Waals surface area contributed by atoms with Crippen molar-refractivity contribution in [3.63, 3.8) is 0 Å². The monoisotopic (exact) mass is 260 g/mol. The Morgan fingerprint density at radius 2 is 2.22 bits per heavy atom. The molecule has 2 aromatic rings. The van der Waals surface area contributed by atoms with Crippen LogP contribution in [0.1, 0.15) is 16.2 Å². The molecule has 1 N–H and O–H groups in total. The molecule has 0 spiro atoms. The molecule has 96 valence electrons. The molecule has 0 saturated heterocycles. The number of rotatable bonds is 2. The van der Waals surface area contributed by atoms with Crippen molar-refractivity contribution in [1.29, 1.82) is 0 Å². The second-order valence-corrected chi connectivity index (χ2v) is 3.38. The second-order valence-electron chi connectivity index (χ2n) is 3.38. The van der Waals surface area contributed by atoms with Gasteiger partial charge >= 0.3 is 6.18 Å². The fraction of sp³-hybridized carbons (Fsp3) is 0.222. The first-order valence-corrected chi connectivity index (χ1v) is 4.68. The molecule has 1 amide bonds. The van der Waals surface area contributed by atoms with E-state index >= 15 is 0 Å². The molecule has 0 bridgehead atoms. The Labute approximate surface area is 98.4 Å². The number of nitrogens with one attached hydrogen (secondary N) is 1. The van der Waals surface area contributed by atoms with Crippen LogP contribution in [-0.2, 0) is 13.2 Å². The van der Waals surface area contributed by atoms with Crippen LogP contribution in [0.5, 0.6) is 0 Å². The predicted molar refractivity (Wildman–Crippen MR) is 52.7 cm³/mol. The van der Waals surface area contributed by atoms with Crippen LogP contribution in [0.15, 0.2) is 23.2 Å². The number of aryl methyl sites for hydroxylation is 1. The fourth-order valence-electron chi connectivity index (χ4n) is 1.29. The second kappa shape index (κ2) is 4.17. The Kier molecular flexibility index (Phi) is 2.81. The van der Waals surface area contributed by atoms with Crippen molar-refractivity contribution in [2.24, 2.45) is 7.05 Å². The van der Waals surface area contributed by atoms with Crippen molar-refractivity contribution in [3.8, 4) is 0 Å². The molecule has 0 radical (unpaired) electrons. The highest BCUT2D eigenvalue weighted by molar-refractivity contribution is 6.03. The maximum atomic E-state index is 12.5. The van der Waals surface area contributed by atoms with E-state index in [1.807, 2.05) is 0 Å². The summed E-state index contributed by atoms with van der Waals surface area (Å²) in [5, 5.41) is 5.99.